The summed E-state index contributed by atoms with van der Waals surface area (Å²) in [4.78, 5) is 18.8. The zero-order chi connectivity index (χ0) is 14.0. The predicted octanol–water partition coefficient (Wildman–Crippen LogP) is 1.37. The Labute approximate surface area is 110 Å². The van der Waals surface area contributed by atoms with Gasteiger partial charge < -0.3 is 4.98 Å². The highest BCUT2D eigenvalue weighted by atomic mass is 32.2. The fourth-order valence-electron chi connectivity index (χ4n) is 1.58. The van der Waals surface area contributed by atoms with Gasteiger partial charge in [-0.1, -0.05) is 6.07 Å². The van der Waals surface area contributed by atoms with Crippen molar-refractivity contribution in [1.29, 1.82) is 0 Å². The first kappa shape index (κ1) is 13.3. The molecule has 2 N–H and O–H groups in total. The normalized spacial score (nSPS) is 11.3. The highest BCUT2D eigenvalue weighted by molar-refractivity contribution is 7.90. The van der Waals surface area contributed by atoms with Crippen LogP contribution in [0.2, 0.25) is 0 Å². The van der Waals surface area contributed by atoms with Gasteiger partial charge in [0.05, 0.1) is 4.90 Å². The van der Waals surface area contributed by atoms with Crippen molar-refractivity contribution in [3.63, 3.8) is 0 Å². The van der Waals surface area contributed by atoms with E-state index in [0.29, 0.717) is 17.1 Å². The van der Waals surface area contributed by atoms with Crippen LogP contribution in [0.15, 0.2) is 35.5 Å². The molecule has 0 aliphatic carbocycles. The van der Waals surface area contributed by atoms with Gasteiger partial charge in [-0.25, -0.2) is 13.4 Å². The molecule has 19 heavy (non-hydrogen) atoms. The third kappa shape index (κ3) is 3.00. The number of benzene rings is 1. The van der Waals surface area contributed by atoms with Crippen LogP contribution in [0, 0.1) is 6.92 Å². The summed E-state index contributed by atoms with van der Waals surface area (Å²) in [6.07, 6.45) is 4.19. The number of imidazole rings is 1. The Morgan fingerprint density at radius 2 is 2.11 bits per heavy atom. The summed E-state index contributed by atoms with van der Waals surface area (Å²) < 4.78 is 23.0. The maximum absolute atomic E-state index is 12.0. The van der Waals surface area contributed by atoms with Crippen LogP contribution in [-0.4, -0.2) is 30.5 Å². The molecule has 0 fully saturated rings. The summed E-state index contributed by atoms with van der Waals surface area (Å²) in [5.74, 6) is -0.0906. The molecule has 2 aromatic rings. The minimum absolute atomic E-state index is 0.114. The Bertz CT molecular complexity index is 706. The molecule has 1 aromatic carbocycles. The minimum atomic E-state index is -3.34. The second-order valence-corrected chi connectivity index (χ2v) is 6.16. The lowest BCUT2D eigenvalue weighted by atomic mass is 10.1. The Morgan fingerprint density at radius 3 is 2.68 bits per heavy atom. The van der Waals surface area contributed by atoms with Gasteiger partial charge in [0.1, 0.15) is 0 Å². The highest BCUT2D eigenvalue weighted by Crippen LogP contribution is 2.16. The van der Waals surface area contributed by atoms with Crippen LogP contribution in [0.1, 0.15) is 15.9 Å². The second-order valence-electron chi connectivity index (χ2n) is 4.14. The molecule has 7 heteroatoms. The SMILES string of the molecule is Cc1ccc(S(C)(=O)=O)cc1C(=O)Nc1ncc[nH]1. The van der Waals surface area contributed by atoms with Crippen LogP contribution in [0.5, 0.6) is 0 Å². The van der Waals surface area contributed by atoms with Gasteiger partial charge in [-0.3, -0.25) is 10.1 Å². The van der Waals surface area contributed by atoms with E-state index in [1.165, 1.54) is 18.3 Å². The van der Waals surface area contributed by atoms with E-state index < -0.39 is 15.7 Å². The summed E-state index contributed by atoms with van der Waals surface area (Å²) >= 11 is 0. The molecule has 6 nitrogen and oxygen atoms in total. The number of aryl methyl sites for hydroxylation is 1. The number of hydrogen-bond acceptors (Lipinski definition) is 4. The van der Waals surface area contributed by atoms with Crippen LogP contribution in [0.25, 0.3) is 0 Å². The Morgan fingerprint density at radius 1 is 1.37 bits per heavy atom. The average molecular weight is 279 g/mol. The molecule has 100 valence electrons. The number of nitrogens with one attached hydrogen (secondary N) is 2. The van der Waals surface area contributed by atoms with Crippen LogP contribution in [0.3, 0.4) is 0 Å². The summed E-state index contributed by atoms with van der Waals surface area (Å²) in [6.45, 7) is 1.74. The third-order valence-corrected chi connectivity index (χ3v) is 3.72. The van der Waals surface area contributed by atoms with Gasteiger partial charge in [0, 0.05) is 24.2 Å². The topological polar surface area (TPSA) is 91.9 Å². The highest BCUT2D eigenvalue weighted by Gasteiger charge is 2.15. The number of aromatic amines is 1. The quantitative estimate of drug-likeness (QED) is 0.887. The number of carbonyl (C=O) groups excluding carboxylic acids is 1. The van der Waals surface area contributed by atoms with Crippen LogP contribution in [0.4, 0.5) is 5.95 Å². The molecule has 0 radical (unpaired) electrons. The number of aromatic nitrogens is 2. The molecule has 1 heterocycles. The zero-order valence-corrected chi connectivity index (χ0v) is 11.3. The predicted molar refractivity (Wildman–Crippen MR) is 70.8 cm³/mol. The Kier molecular flexibility index (Phi) is 3.39. The number of hydrogen-bond donors (Lipinski definition) is 2. The van der Waals surface area contributed by atoms with Gasteiger partial charge in [0.15, 0.2) is 9.84 Å². The van der Waals surface area contributed by atoms with E-state index in [9.17, 15) is 13.2 Å². The molecular formula is C12H13N3O3S. The van der Waals surface area contributed by atoms with Crippen molar-refractivity contribution in [3.05, 3.63) is 41.7 Å². The van der Waals surface area contributed by atoms with Crippen molar-refractivity contribution < 1.29 is 13.2 Å². The molecule has 0 bridgehead atoms. The lowest BCUT2D eigenvalue weighted by Gasteiger charge is -2.07. The fourth-order valence-corrected chi connectivity index (χ4v) is 2.23. The van der Waals surface area contributed by atoms with E-state index >= 15 is 0 Å². The summed E-state index contributed by atoms with van der Waals surface area (Å²) in [5.41, 5.74) is 0.996. The number of anilines is 1. The first-order valence-corrected chi connectivity index (χ1v) is 7.38. The monoisotopic (exact) mass is 279 g/mol. The molecule has 1 amide bonds. The molecule has 2 rings (SSSR count). The molecule has 0 saturated heterocycles. The van der Waals surface area contributed by atoms with Crippen molar-refractivity contribution in [1.82, 2.24) is 9.97 Å². The molecule has 1 aromatic heterocycles. The minimum Gasteiger partial charge on any atom is -0.331 e. The number of carbonyl (C=O) groups is 1. The molecule has 0 saturated carbocycles. The summed E-state index contributed by atoms with van der Waals surface area (Å²) in [6, 6.07) is 4.45. The van der Waals surface area contributed by atoms with Crippen molar-refractivity contribution >= 4 is 21.7 Å². The summed E-state index contributed by atoms with van der Waals surface area (Å²) in [5, 5.41) is 2.56. The van der Waals surface area contributed by atoms with Gasteiger partial charge in [0.25, 0.3) is 5.91 Å². The molecule has 0 spiro atoms. The molecular weight excluding hydrogens is 266 g/mol. The van der Waals surface area contributed by atoms with Crippen molar-refractivity contribution in [2.24, 2.45) is 0 Å². The van der Waals surface area contributed by atoms with Crippen molar-refractivity contribution in [2.75, 3.05) is 11.6 Å². The average Bonchev–Trinajstić information content (AvgIpc) is 2.80. The number of amides is 1. The fraction of sp³-hybridized carbons (Fsp3) is 0.167. The molecule has 0 unspecified atom stereocenters. The number of nitrogens with zero attached hydrogens (tertiary/aromatic N) is 1. The van der Waals surface area contributed by atoms with E-state index in [4.69, 9.17) is 0 Å². The van der Waals surface area contributed by atoms with Crippen LogP contribution in [-0.2, 0) is 9.84 Å². The van der Waals surface area contributed by atoms with E-state index in [2.05, 4.69) is 15.3 Å². The lowest BCUT2D eigenvalue weighted by Crippen LogP contribution is -2.15. The third-order valence-electron chi connectivity index (χ3n) is 2.61. The first-order valence-electron chi connectivity index (χ1n) is 5.49. The molecule has 0 atom stereocenters. The van der Waals surface area contributed by atoms with E-state index in [0.717, 1.165) is 6.26 Å². The van der Waals surface area contributed by atoms with Gasteiger partial charge in [-0.2, -0.15) is 0 Å². The largest absolute Gasteiger partial charge is 0.331 e. The van der Waals surface area contributed by atoms with E-state index in [1.54, 1.807) is 19.2 Å². The Hall–Kier alpha value is -2.15. The molecule has 0 aliphatic rings. The first-order chi connectivity index (χ1) is 8.88. The van der Waals surface area contributed by atoms with Gasteiger partial charge in [-0.15, -0.1) is 0 Å². The van der Waals surface area contributed by atoms with Crippen molar-refractivity contribution in [3.8, 4) is 0 Å². The standard InChI is InChI=1S/C12H13N3O3S/c1-8-3-4-9(19(2,17)18)7-10(8)11(16)15-12-13-5-6-14-12/h3-7H,1-2H3,(H2,13,14,15,16). The number of sulfone groups is 1. The van der Waals surface area contributed by atoms with Gasteiger partial charge >= 0.3 is 0 Å². The number of rotatable bonds is 3. The maximum Gasteiger partial charge on any atom is 0.258 e. The smallest absolute Gasteiger partial charge is 0.258 e. The van der Waals surface area contributed by atoms with E-state index in [-0.39, 0.29) is 4.90 Å². The van der Waals surface area contributed by atoms with Crippen LogP contribution >= 0.6 is 0 Å². The zero-order valence-electron chi connectivity index (χ0n) is 10.5. The van der Waals surface area contributed by atoms with Gasteiger partial charge in [0.2, 0.25) is 5.95 Å². The van der Waals surface area contributed by atoms with Gasteiger partial charge in [-0.05, 0) is 24.6 Å². The maximum atomic E-state index is 12.0. The lowest BCUT2D eigenvalue weighted by molar-refractivity contribution is 0.102. The van der Waals surface area contributed by atoms with Crippen molar-refractivity contribution in [2.45, 2.75) is 11.8 Å². The Balaban J connectivity index is 2.36. The van der Waals surface area contributed by atoms with E-state index in [1.807, 2.05) is 0 Å². The second kappa shape index (κ2) is 4.85. The summed E-state index contributed by atoms with van der Waals surface area (Å²) in [7, 11) is -3.34. The number of H-pyrrole nitrogens is 1. The van der Waals surface area contributed by atoms with Crippen LogP contribution < -0.4 is 5.32 Å². The molecule has 0 aliphatic heterocycles.